The van der Waals surface area contributed by atoms with Gasteiger partial charge in [-0.15, -0.1) is 0 Å². The van der Waals surface area contributed by atoms with Crippen LogP contribution in [0.5, 0.6) is 0 Å². The number of nitrogens with one attached hydrogen (secondary N) is 3. The second-order valence-corrected chi connectivity index (χ2v) is 12.6. The third-order valence-electron chi connectivity index (χ3n) is 9.43. The van der Waals surface area contributed by atoms with Crippen molar-refractivity contribution in [3.63, 3.8) is 0 Å². The van der Waals surface area contributed by atoms with Gasteiger partial charge in [-0.2, -0.15) is 0 Å². The molecule has 46 heavy (non-hydrogen) atoms. The van der Waals surface area contributed by atoms with E-state index in [2.05, 4.69) is 45.1 Å². The lowest BCUT2D eigenvalue weighted by Gasteiger charge is -2.21. The predicted octanol–water partition coefficient (Wildman–Crippen LogP) is 6.96. The minimum absolute atomic E-state index is 0.00914. The van der Waals surface area contributed by atoms with Crippen molar-refractivity contribution in [2.75, 3.05) is 36.8 Å². The van der Waals surface area contributed by atoms with E-state index in [1.54, 1.807) is 0 Å². The van der Waals surface area contributed by atoms with Crippen molar-refractivity contribution in [2.24, 2.45) is 5.92 Å². The molecule has 2 heterocycles. The molecule has 1 aromatic heterocycles. The van der Waals surface area contributed by atoms with Gasteiger partial charge in [-0.1, -0.05) is 66.7 Å². The van der Waals surface area contributed by atoms with Crippen LogP contribution in [0.2, 0.25) is 0 Å². The Bertz CT molecular complexity index is 1860. The van der Waals surface area contributed by atoms with Gasteiger partial charge < -0.3 is 16.0 Å². The van der Waals surface area contributed by atoms with Gasteiger partial charge in [-0.05, 0) is 85.8 Å². The zero-order chi connectivity index (χ0) is 31.3. The van der Waals surface area contributed by atoms with E-state index in [9.17, 15) is 9.59 Å². The molecule has 234 valence electrons. The molecular weight excluding hydrogens is 570 g/mol. The molecule has 2 aliphatic rings. The zero-order valence-electron chi connectivity index (χ0n) is 26.2. The number of carbonyl (C=O) groups excluding carboxylic acids is 2. The first-order valence-corrected chi connectivity index (χ1v) is 16.6. The summed E-state index contributed by atoms with van der Waals surface area (Å²) in [6.07, 6.45) is 6.29. The van der Waals surface area contributed by atoms with Crippen LogP contribution in [0.3, 0.4) is 0 Å². The molecule has 0 bridgehead atoms. The van der Waals surface area contributed by atoms with Gasteiger partial charge in [0.15, 0.2) is 0 Å². The molecule has 4 aromatic carbocycles. The number of hydrogen-bond donors (Lipinski definition) is 3. The number of aryl methyl sites for hydroxylation is 1. The Hall–Kier alpha value is -4.75. The summed E-state index contributed by atoms with van der Waals surface area (Å²) in [7, 11) is 0. The van der Waals surface area contributed by atoms with Crippen LogP contribution >= 0.6 is 0 Å². The Labute approximate surface area is 270 Å². The molecule has 2 amide bonds. The maximum atomic E-state index is 13.0. The third-order valence-corrected chi connectivity index (χ3v) is 9.43. The fraction of sp³-hybridized carbons (Fsp3) is 0.308. The Balaban J connectivity index is 0.863. The van der Waals surface area contributed by atoms with Gasteiger partial charge in [0.1, 0.15) is 0 Å². The van der Waals surface area contributed by atoms with Crippen molar-refractivity contribution in [1.29, 1.82) is 0 Å². The molecule has 3 N–H and O–H groups in total. The number of carbonyl (C=O) groups is 2. The summed E-state index contributed by atoms with van der Waals surface area (Å²) in [4.78, 5) is 33.2. The quantitative estimate of drug-likeness (QED) is 0.149. The summed E-state index contributed by atoms with van der Waals surface area (Å²) in [5.74, 6) is 0.0362. The van der Waals surface area contributed by atoms with Crippen LogP contribution < -0.4 is 16.0 Å². The molecule has 7 heteroatoms. The van der Waals surface area contributed by atoms with Crippen molar-refractivity contribution in [1.82, 2.24) is 15.2 Å². The van der Waals surface area contributed by atoms with Gasteiger partial charge in [0.25, 0.3) is 5.91 Å². The minimum Gasteiger partial charge on any atom is -0.384 e. The topological polar surface area (TPSA) is 86.4 Å². The molecule has 0 radical (unpaired) electrons. The summed E-state index contributed by atoms with van der Waals surface area (Å²) >= 11 is 0. The number of amides is 2. The molecule has 1 saturated heterocycles. The Morgan fingerprint density at radius 2 is 1.61 bits per heavy atom. The van der Waals surface area contributed by atoms with E-state index in [1.807, 2.05) is 66.7 Å². The van der Waals surface area contributed by atoms with Crippen molar-refractivity contribution in [3.05, 3.63) is 113 Å². The Morgan fingerprint density at radius 1 is 0.826 bits per heavy atom. The van der Waals surface area contributed by atoms with E-state index in [1.165, 1.54) is 35.2 Å². The summed E-state index contributed by atoms with van der Waals surface area (Å²) in [6, 6.07) is 30.2. The molecule has 1 fully saturated rings. The molecule has 5 aromatic rings. The van der Waals surface area contributed by atoms with E-state index in [0.29, 0.717) is 12.1 Å². The SMILES string of the molecule is O=C(Nc1cccc2ccccc12)c1ccc(CN2CCC(C(=O)NCCCNc3c4c(nc5ccccc35)CCCC4)C2)cc1. The highest BCUT2D eigenvalue weighted by atomic mass is 16.2. The Kier molecular flexibility index (Phi) is 8.92. The molecule has 1 unspecified atom stereocenters. The van der Waals surface area contributed by atoms with Crippen LogP contribution in [0.1, 0.15) is 52.9 Å². The van der Waals surface area contributed by atoms with Gasteiger partial charge in [0.05, 0.1) is 11.4 Å². The van der Waals surface area contributed by atoms with E-state index in [4.69, 9.17) is 4.98 Å². The number of rotatable bonds is 10. The summed E-state index contributed by atoms with van der Waals surface area (Å²) in [5, 5.41) is 13.3. The summed E-state index contributed by atoms with van der Waals surface area (Å²) < 4.78 is 0. The maximum Gasteiger partial charge on any atom is 0.255 e. The first-order valence-electron chi connectivity index (χ1n) is 16.6. The number of fused-ring (bicyclic) bond motifs is 3. The molecular formula is C39H41N5O2. The van der Waals surface area contributed by atoms with Gasteiger partial charge in [0.2, 0.25) is 5.91 Å². The van der Waals surface area contributed by atoms with Gasteiger partial charge in [-0.3, -0.25) is 19.5 Å². The monoisotopic (exact) mass is 611 g/mol. The van der Waals surface area contributed by atoms with Crippen LogP contribution in [0.25, 0.3) is 21.7 Å². The number of aromatic nitrogens is 1. The standard InChI is InChI=1S/C39H41N5O2/c45-38(41-23-8-22-40-37-32-12-3-5-14-35(32)42-36-15-6-4-13-33(36)37)30-21-24-44(26-30)25-27-17-19-29(20-18-27)39(46)43-34-16-7-10-28-9-1-2-11-31(28)34/h1-3,5,7,9-12,14,16-20,30H,4,6,8,13,15,21-26H2,(H,40,42)(H,41,45)(H,43,46). The number of anilines is 2. The molecule has 1 aliphatic heterocycles. The van der Waals surface area contributed by atoms with Crippen molar-refractivity contribution < 1.29 is 9.59 Å². The third kappa shape index (κ3) is 6.60. The number of likely N-dealkylation sites (tertiary alicyclic amines) is 1. The van der Waals surface area contributed by atoms with E-state index in [-0.39, 0.29) is 17.7 Å². The van der Waals surface area contributed by atoms with Crippen molar-refractivity contribution in [2.45, 2.75) is 45.1 Å². The van der Waals surface area contributed by atoms with Gasteiger partial charge in [-0.25, -0.2) is 0 Å². The van der Waals surface area contributed by atoms with E-state index in [0.717, 1.165) is 79.4 Å². The number of benzene rings is 4. The molecule has 7 nitrogen and oxygen atoms in total. The highest BCUT2D eigenvalue weighted by molar-refractivity contribution is 6.09. The van der Waals surface area contributed by atoms with Crippen LogP contribution in [0, 0.1) is 5.92 Å². The lowest BCUT2D eigenvalue weighted by Crippen LogP contribution is -2.33. The fourth-order valence-corrected chi connectivity index (χ4v) is 6.97. The highest BCUT2D eigenvalue weighted by Crippen LogP contribution is 2.33. The molecule has 0 spiro atoms. The van der Waals surface area contributed by atoms with E-state index < -0.39 is 0 Å². The van der Waals surface area contributed by atoms with Gasteiger partial charge >= 0.3 is 0 Å². The Morgan fingerprint density at radius 3 is 2.50 bits per heavy atom. The molecule has 1 aliphatic carbocycles. The van der Waals surface area contributed by atoms with Crippen molar-refractivity contribution in [3.8, 4) is 0 Å². The number of nitrogens with zero attached hydrogens (tertiary/aromatic N) is 2. The minimum atomic E-state index is -0.121. The highest BCUT2D eigenvalue weighted by Gasteiger charge is 2.28. The summed E-state index contributed by atoms with van der Waals surface area (Å²) in [5.41, 5.74) is 7.48. The maximum absolute atomic E-state index is 13.0. The second kappa shape index (κ2) is 13.7. The van der Waals surface area contributed by atoms with Crippen LogP contribution in [0.4, 0.5) is 11.4 Å². The first kappa shape index (κ1) is 29.9. The average molecular weight is 612 g/mol. The zero-order valence-corrected chi connectivity index (χ0v) is 26.2. The lowest BCUT2D eigenvalue weighted by atomic mass is 9.92. The lowest BCUT2D eigenvalue weighted by molar-refractivity contribution is -0.124. The summed E-state index contributed by atoms with van der Waals surface area (Å²) in [6.45, 7) is 3.89. The second-order valence-electron chi connectivity index (χ2n) is 12.6. The normalized spacial score (nSPS) is 16.3. The largest absolute Gasteiger partial charge is 0.384 e. The number of para-hydroxylation sites is 1. The number of pyridine rings is 1. The van der Waals surface area contributed by atoms with Crippen LogP contribution in [-0.4, -0.2) is 47.9 Å². The van der Waals surface area contributed by atoms with E-state index >= 15 is 0 Å². The molecule has 1 atom stereocenters. The molecule has 7 rings (SSSR count). The van der Waals surface area contributed by atoms with Gasteiger partial charge in [0, 0.05) is 59.6 Å². The first-order chi connectivity index (χ1) is 22.6. The number of hydrogen-bond acceptors (Lipinski definition) is 5. The van der Waals surface area contributed by atoms with Crippen LogP contribution in [0.15, 0.2) is 91.0 Å². The molecule has 0 saturated carbocycles. The van der Waals surface area contributed by atoms with Crippen molar-refractivity contribution >= 4 is 44.9 Å². The van der Waals surface area contributed by atoms with Crippen LogP contribution in [-0.2, 0) is 24.2 Å². The fourth-order valence-electron chi connectivity index (χ4n) is 6.97. The predicted molar refractivity (Wildman–Crippen MR) is 186 cm³/mol. The smallest absolute Gasteiger partial charge is 0.255 e. The average Bonchev–Trinajstić information content (AvgIpc) is 3.56.